The first-order chi connectivity index (χ1) is 9.83. The second-order valence-corrected chi connectivity index (χ2v) is 10.7. The molecule has 2 rings (SSSR count). The van der Waals surface area contributed by atoms with Crippen LogP contribution in [0.25, 0.3) is 0 Å². The third kappa shape index (κ3) is 3.68. The van der Waals surface area contributed by atoms with Crippen LogP contribution in [0.5, 0.6) is 0 Å². The molecular formula is C18H22O2Si. The average molecular weight is 298 g/mol. The van der Waals surface area contributed by atoms with Gasteiger partial charge >= 0.3 is 0 Å². The van der Waals surface area contributed by atoms with Crippen molar-refractivity contribution < 1.29 is 9.22 Å². The first-order valence-electron chi connectivity index (χ1n) is 7.18. The quantitative estimate of drug-likeness (QED) is 0.594. The lowest BCUT2D eigenvalue weighted by molar-refractivity contribution is 0.0477. The Hall–Kier alpha value is -1.71. The van der Waals surface area contributed by atoms with Gasteiger partial charge in [-0.1, -0.05) is 60.7 Å². The molecule has 0 N–H and O–H groups in total. The number of benzene rings is 2. The van der Waals surface area contributed by atoms with E-state index >= 15 is 0 Å². The molecule has 0 aliphatic rings. The fourth-order valence-electron chi connectivity index (χ4n) is 2.47. The number of hydrogen-bond acceptors (Lipinski definition) is 2. The molecule has 0 saturated heterocycles. The summed E-state index contributed by atoms with van der Waals surface area (Å²) in [6.07, 6.45) is 0. The largest absolute Gasteiger partial charge is 0.401 e. The Bertz CT molecular complexity index is 602. The van der Waals surface area contributed by atoms with Crippen molar-refractivity contribution in [1.82, 2.24) is 0 Å². The van der Waals surface area contributed by atoms with Crippen LogP contribution in [0.2, 0.25) is 19.6 Å². The molecule has 0 heterocycles. The highest BCUT2D eigenvalue weighted by Crippen LogP contribution is 2.32. The molecule has 0 aliphatic heterocycles. The van der Waals surface area contributed by atoms with E-state index in [1.165, 1.54) is 0 Å². The Labute approximate surface area is 127 Å². The molecule has 0 aromatic heterocycles. The molecule has 110 valence electrons. The van der Waals surface area contributed by atoms with Gasteiger partial charge in [-0.3, -0.25) is 4.79 Å². The van der Waals surface area contributed by atoms with Crippen LogP contribution in [0, 0.1) is 0 Å². The van der Waals surface area contributed by atoms with Crippen molar-refractivity contribution in [3.63, 3.8) is 0 Å². The summed E-state index contributed by atoms with van der Waals surface area (Å²) >= 11 is 0. The van der Waals surface area contributed by atoms with Gasteiger partial charge in [-0.05, 0) is 32.1 Å². The molecule has 0 saturated carbocycles. The molecule has 0 fully saturated rings. The topological polar surface area (TPSA) is 26.3 Å². The predicted octanol–water partition coefficient (Wildman–Crippen LogP) is 4.64. The van der Waals surface area contributed by atoms with Crippen LogP contribution >= 0.6 is 0 Å². The van der Waals surface area contributed by atoms with Gasteiger partial charge in [0, 0.05) is 5.56 Å². The fraction of sp³-hybridized carbons (Fsp3) is 0.278. The van der Waals surface area contributed by atoms with E-state index in [9.17, 15) is 4.79 Å². The minimum absolute atomic E-state index is 0.0109. The maximum atomic E-state index is 13.0. The highest BCUT2D eigenvalue weighted by Gasteiger charge is 2.40. The van der Waals surface area contributed by atoms with E-state index in [1.807, 2.05) is 67.6 Å². The van der Waals surface area contributed by atoms with Crippen molar-refractivity contribution in [2.75, 3.05) is 0 Å². The molecular weight excluding hydrogens is 276 g/mol. The third-order valence-corrected chi connectivity index (χ3v) is 4.32. The van der Waals surface area contributed by atoms with E-state index in [-0.39, 0.29) is 5.78 Å². The van der Waals surface area contributed by atoms with Gasteiger partial charge in [-0.2, -0.15) is 0 Å². The van der Waals surface area contributed by atoms with Gasteiger partial charge in [0.05, 0.1) is 0 Å². The zero-order valence-electron chi connectivity index (χ0n) is 13.1. The van der Waals surface area contributed by atoms with Crippen LogP contribution < -0.4 is 0 Å². The molecule has 2 nitrogen and oxygen atoms in total. The first-order valence-corrected chi connectivity index (χ1v) is 10.6. The standard InChI is InChI=1S/C18H22O2Si/c1-18(20-21(2,3)4,16-13-9-6-10-14-16)17(19)15-11-7-5-8-12-15/h5-14H,1-4H3/t18-/m1/s1. The second kappa shape index (κ2) is 5.96. The SMILES string of the molecule is C[C@](O[Si](C)(C)C)(C(=O)c1ccccc1)c1ccccc1. The maximum absolute atomic E-state index is 13.0. The number of hydrogen-bond donors (Lipinski definition) is 0. The smallest absolute Gasteiger partial charge is 0.197 e. The van der Waals surface area contributed by atoms with Crippen LogP contribution in [0.4, 0.5) is 0 Å². The Morgan fingerprint density at radius 2 is 1.38 bits per heavy atom. The summed E-state index contributed by atoms with van der Waals surface area (Å²) in [4.78, 5) is 13.0. The van der Waals surface area contributed by atoms with E-state index in [0.29, 0.717) is 5.56 Å². The van der Waals surface area contributed by atoms with Gasteiger partial charge in [0.2, 0.25) is 0 Å². The van der Waals surface area contributed by atoms with Gasteiger partial charge in [-0.15, -0.1) is 0 Å². The van der Waals surface area contributed by atoms with Crippen molar-refractivity contribution in [2.24, 2.45) is 0 Å². The van der Waals surface area contributed by atoms with E-state index < -0.39 is 13.9 Å². The molecule has 0 spiro atoms. The minimum Gasteiger partial charge on any atom is -0.401 e. The van der Waals surface area contributed by atoms with Crippen molar-refractivity contribution in [2.45, 2.75) is 32.2 Å². The van der Waals surface area contributed by atoms with Crippen molar-refractivity contribution >= 4 is 14.1 Å². The van der Waals surface area contributed by atoms with E-state index in [2.05, 4.69) is 19.6 Å². The Kier molecular flexibility index (Phi) is 4.45. The van der Waals surface area contributed by atoms with Gasteiger partial charge in [0.15, 0.2) is 14.1 Å². The summed E-state index contributed by atoms with van der Waals surface area (Å²) in [5.74, 6) is 0.0109. The summed E-state index contributed by atoms with van der Waals surface area (Å²) < 4.78 is 6.32. The lowest BCUT2D eigenvalue weighted by Crippen LogP contribution is -2.44. The second-order valence-electron chi connectivity index (χ2n) is 6.31. The van der Waals surface area contributed by atoms with Gasteiger partial charge in [0.1, 0.15) is 5.60 Å². The van der Waals surface area contributed by atoms with Crippen LogP contribution in [0.3, 0.4) is 0 Å². The van der Waals surface area contributed by atoms with Crippen molar-refractivity contribution in [3.8, 4) is 0 Å². The number of ketones is 1. The van der Waals surface area contributed by atoms with E-state index in [1.54, 1.807) is 0 Å². The number of carbonyl (C=O) groups excluding carboxylic acids is 1. The molecule has 0 amide bonds. The predicted molar refractivity (Wildman–Crippen MR) is 89.0 cm³/mol. The summed E-state index contributed by atoms with van der Waals surface area (Å²) in [5.41, 5.74) is 0.649. The zero-order valence-corrected chi connectivity index (χ0v) is 14.1. The number of carbonyl (C=O) groups is 1. The van der Waals surface area contributed by atoms with Crippen molar-refractivity contribution in [3.05, 3.63) is 71.8 Å². The summed E-state index contributed by atoms with van der Waals surface area (Å²) in [6, 6.07) is 19.1. The highest BCUT2D eigenvalue weighted by atomic mass is 28.4. The first kappa shape index (κ1) is 15.7. The zero-order chi connectivity index (χ0) is 15.5. The van der Waals surface area contributed by atoms with Crippen LogP contribution in [0.1, 0.15) is 22.8 Å². The maximum Gasteiger partial charge on any atom is 0.197 e. The molecule has 3 heteroatoms. The van der Waals surface area contributed by atoms with Crippen LogP contribution in [-0.2, 0) is 10.0 Å². The van der Waals surface area contributed by atoms with Crippen LogP contribution in [0.15, 0.2) is 60.7 Å². The van der Waals surface area contributed by atoms with Crippen LogP contribution in [-0.4, -0.2) is 14.1 Å². The number of rotatable bonds is 5. The molecule has 0 unspecified atom stereocenters. The molecule has 0 bridgehead atoms. The summed E-state index contributed by atoms with van der Waals surface area (Å²) in [7, 11) is -1.89. The van der Waals surface area contributed by atoms with E-state index in [0.717, 1.165) is 5.56 Å². The summed E-state index contributed by atoms with van der Waals surface area (Å²) in [6.45, 7) is 8.20. The van der Waals surface area contributed by atoms with Crippen molar-refractivity contribution in [1.29, 1.82) is 0 Å². The lowest BCUT2D eigenvalue weighted by Gasteiger charge is -2.35. The summed E-state index contributed by atoms with van der Waals surface area (Å²) in [5, 5.41) is 0. The molecule has 0 aliphatic carbocycles. The van der Waals surface area contributed by atoms with Gasteiger partial charge in [-0.25, -0.2) is 0 Å². The average Bonchev–Trinajstić information content (AvgIpc) is 2.46. The molecule has 21 heavy (non-hydrogen) atoms. The molecule has 1 atom stereocenters. The Balaban J connectivity index is 2.49. The molecule has 2 aromatic carbocycles. The van der Waals surface area contributed by atoms with Gasteiger partial charge < -0.3 is 4.43 Å². The Morgan fingerprint density at radius 1 is 0.905 bits per heavy atom. The third-order valence-electron chi connectivity index (χ3n) is 3.30. The number of Topliss-reactive ketones (excluding diaryl/α,β-unsaturated/α-hetero) is 1. The highest BCUT2D eigenvalue weighted by molar-refractivity contribution is 6.70. The molecule has 0 radical (unpaired) electrons. The normalized spacial score (nSPS) is 14.5. The fourth-order valence-corrected chi connectivity index (χ4v) is 3.91. The monoisotopic (exact) mass is 298 g/mol. The molecule has 2 aromatic rings. The lowest BCUT2D eigenvalue weighted by atomic mass is 9.88. The van der Waals surface area contributed by atoms with E-state index in [4.69, 9.17) is 4.43 Å². The Morgan fingerprint density at radius 3 is 1.86 bits per heavy atom. The minimum atomic E-state index is -1.89. The van der Waals surface area contributed by atoms with Gasteiger partial charge in [0.25, 0.3) is 0 Å².